The van der Waals surface area contributed by atoms with Crippen LogP contribution in [0.2, 0.25) is 0 Å². The van der Waals surface area contributed by atoms with Gasteiger partial charge in [-0.2, -0.15) is 0 Å². The van der Waals surface area contributed by atoms with Crippen molar-refractivity contribution in [2.45, 2.75) is 19.8 Å². The molecule has 0 aliphatic carbocycles. The van der Waals surface area contributed by atoms with Crippen LogP contribution in [0, 0.1) is 0 Å². The predicted octanol–water partition coefficient (Wildman–Crippen LogP) is 2.32. The van der Waals surface area contributed by atoms with Gasteiger partial charge < -0.3 is 24.5 Å². The summed E-state index contributed by atoms with van der Waals surface area (Å²) in [6, 6.07) is 5.24. The van der Waals surface area contributed by atoms with E-state index in [1.807, 2.05) is 0 Å². The molecule has 1 aliphatic heterocycles. The second-order valence-corrected chi connectivity index (χ2v) is 6.60. The number of nitrogens with one attached hydrogen (secondary N) is 3. The van der Waals surface area contributed by atoms with Gasteiger partial charge in [-0.1, -0.05) is 6.07 Å². The highest BCUT2D eigenvalue weighted by Crippen LogP contribution is 2.39. The lowest BCUT2D eigenvalue weighted by Crippen LogP contribution is -2.32. The Hall–Kier alpha value is -3.82. The van der Waals surface area contributed by atoms with Crippen LogP contribution in [-0.2, 0) is 23.8 Å². The van der Waals surface area contributed by atoms with Crippen molar-refractivity contribution in [1.82, 2.24) is 15.3 Å². The van der Waals surface area contributed by atoms with E-state index in [-0.39, 0.29) is 5.95 Å². The van der Waals surface area contributed by atoms with Gasteiger partial charge in [-0.25, -0.2) is 19.4 Å². The molecule has 0 saturated carbocycles. The molecule has 0 fully saturated rings. The number of esters is 2. The van der Waals surface area contributed by atoms with E-state index in [1.54, 1.807) is 32.0 Å². The minimum absolute atomic E-state index is 0.208. The molecular formula is C20H22N4O6. The van der Waals surface area contributed by atoms with Crippen LogP contribution in [0.1, 0.15) is 25.3 Å². The fourth-order valence-electron chi connectivity index (χ4n) is 3.50. The number of carbonyl (C=O) groups excluding carboxylic acids is 3. The number of imidazole rings is 1. The lowest BCUT2D eigenvalue weighted by atomic mass is 9.80. The summed E-state index contributed by atoms with van der Waals surface area (Å²) in [5, 5.41) is 5.52. The van der Waals surface area contributed by atoms with E-state index in [9.17, 15) is 14.4 Å². The first-order valence-corrected chi connectivity index (χ1v) is 9.00. The Balaban J connectivity index is 2.15. The summed E-state index contributed by atoms with van der Waals surface area (Å²) >= 11 is 0. The third kappa shape index (κ3) is 3.71. The van der Waals surface area contributed by atoms with Gasteiger partial charge in [0.15, 0.2) is 0 Å². The summed E-state index contributed by atoms with van der Waals surface area (Å²) in [6.07, 6.45) is -0.661. The van der Waals surface area contributed by atoms with Crippen LogP contribution in [0.15, 0.2) is 40.7 Å². The number of dihydropyridines is 1. The molecule has 2 aromatic rings. The van der Waals surface area contributed by atoms with E-state index in [2.05, 4.69) is 25.3 Å². The van der Waals surface area contributed by atoms with Gasteiger partial charge >= 0.3 is 18.0 Å². The number of H-pyrrole nitrogens is 1. The normalized spacial score (nSPS) is 14.4. The number of amides is 1. The van der Waals surface area contributed by atoms with Crippen LogP contribution in [0.3, 0.4) is 0 Å². The second-order valence-electron chi connectivity index (χ2n) is 6.60. The average molecular weight is 414 g/mol. The molecular weight excluding hydrogens is 392 g/mol. The van der Waals surface area contributed by atoms with Gasteiger partial charge in [0.25, 0.3) is 0 Å². The van der Waals surface area contributed by atoms with Gasteiger partial charge in [0, 0.05) is 11.4 Å². The van der Waals surface area contributed by atoms with E-state index in [0.717, 1.165) is 0 Å². The SMILES string of the molecule is COC(=O)Nc1nc2ccc(C3C(C(=O)OC)=C(C)NC(C)=C3C(=O)OC)cc2[nH]1. The number of hydrogen-bond acceptors (Lipinski definition) is 8. The molecule has 0 radical (unpaired) electrons. The Morgan fingerprint density at radius 1 is 0.967 bits per heavy atom. The number of hydrogen-bond donors (Lipinski definition) is 3. The monoisotopic (exact) mass is 414 g/mol. The Labute approximate surface area is 172 Å². The van der Waals surface area contributed by atoms with Crippen molar-refractivity contribution in [3.63, 3.8) is 0 Å². The van der Waals surface area contributed by atoms with E-state index >= 15 is 0 Å². The number of nitrogens with zero attached hydrogens (tertiary/aromatic N) is 1. The third-order valence-corrected chi connectivity index (χ3v) is 4.82. The van der Waals surface area contributed by atoms with E-state index < -0.39 is 23.9 Å². The number of ether oxygens (including phenoxy) is 3. The van der Waals surface area contributed by atoms with Crippen LogP contribution in [0.25, 0.3) is 11.0 Å². The van der Waals surface area contributed by atoms with Crippen LogP contribution in [0.5, 0.6) is 0 Å². The first kappa shape index (κ1) is 20.9. The Morgan fingerprint density at radius 2 is 1.57 bits per heavy atom. The second kappa shape index (κ2) is 8.27. The fraction of sp³-hybridized carbons (Fsp3) is 0.300. The fourth-order valence-corrected chi connectivity index (χ4v) is 3.50. The summed E-state index contributed by atoms with van der Waals surface area (Å²) in [6.45, 7) is 3.48. The minimum Gasteiger partial charge on any atom is -0.466 e. The molecule has 0 saturated heterocycles. The molecule has 30 heavy (non-hydrogen) atoms. The molecule has 1 aromatic heterocycles. The predicted molar refractivity (Wildman–Crippen MR) is 107 cm³/mol. The Bertz CT molecular complexity index is 1060. The number of aromatic nitrogens is 2. The van der Waals surface area contributed by atoms with Crippen LogP contribution in [-0.4, -0.2) is 49.3 Å². The zero-order valence-electron chi connectivity index (χ0n) is 17.2. The highest BCUT2D eigenvalue weighted by atomic mass is 16.5. The molecule has 3 rings (SSSR count). The lowest BCUT2D eigenvalue weighted by Gasteiger charge is -2.30. The first-order valence-electron chi connectivity index (χ1n) is 9.00. The highest BCUT2D eigenvalue weighted by Gasteiger charge is 2.37. The summed E-state index contributed by atoms with van der Waals surface area (Å²) in [7, 11) is 3.82. The molecule has 1 aromatic carbocycles. The van der Waals surface area contributed by atoms with E-state index in [0.29, 0.717) is 39.1 Å². The largest absolute Gasteiger partial charge is 0.466 e. The van der Waals surface area contributed by atoms with Crippen LogP contribution >= 0.6 is 0 Å². The van der Waals surface area contributed by atoms with Gasteiger partial charge in [0.2, 0.25) is 5.95 Å². The lowest BCUT2D eigenvalue weighted by molar-refractivity contribution is -0.137. The van der Waals surface area contributed by atoms with Gasteiger partial charge in [0.1, 0.15) is 0 Å². The molecule has 0 bridgehead atoms. The number of anilines is 1. The van der Waals surface area contributed by atoms with Crippen molar-refractivity contribution < 1.29 is 28.6 Å². The summed E-state index contributed by atoms with van der Waals surface area (Å²) in [5.41, 5.74) is 3.59. The molecule has 0 atom stereocenters. The molecule has 1 amide bonds. The van der Waals surface area contributed by atoms with Crippen molar-refractivity contribution in [2.24, 2.45) is 0 Å². The van der Waals surface area contributed by atoms with Gasteiger partial charge in [-0.3, -0.25) is 5.32 Å². The number of allylic oxidation sites excluding steroid dienone is 2. The van der Waals surface area contributed by atoms with Crippen molar-refractivity contribution in [3.05, 3.63) is 46.3 Å². The summed E-state index contributed by atoms with van der Waals surface area (Å²) in [4.78, 5) is 43.8. The van der Waals surface area contributed by atoms with E-state index in [1.165, 1.54) is 21.3 Å². The molecule has 10 heteroatoms. The highest BCUT2D eigenvalue weighted by molar-refractivity contribution is 6.00. The topological polar surface area (TPSA) is 132 Å². The average Bonchev–Trinajstić information content (AvgIpc) is 3.13. The number of fused-ring (bicyclic) bond motifs is 1. The number of carbonyl (C=O) groups is 3. The summed E-state index contributed by atoms with van der Waals surface area (Å²) in [5.74, 6) is -1.62. The van der Waals surface area contributed by atoms with Crippen molar-refractivity contribution in [1.29, 1.82) is 0 Å². The first-order chi connectivity index (χ1) is 14.3. The maximum absolute atomic E-state index is 12.6. The van der Waals surface area contributed by atoms with Crippen molar-refractivity contribution in [3.8, 4) is 0 Å². The third-order valence-electron chi connectivity index (χ3n) is 4.82. The van der Waals surface area contributed by atoms with Gasteiger partial charge in [-0.05, 0) is 31.5 Å². The molecule has 0 spiro atoms. The minimum atomic E-state index is -0.712. The number of rotatable bonds is 4. The molecule has 10 nitrogen and oxygen atoms in total. The zero-order valence-corrected chi connectivity index (χ0v) is 17.2. The molecule has 158 valence electrons. The van der Waals surface area contributed by atoms with Crippen molar-refractivity contribution in [2.75, 3.05) is 26.6 Å². The summed E-state index contributed by atoms with van der Waals surface area (Å²) < 4.78 is 14.5. The number of aromatic amines is 1. The van der Waals surface area contributed by atoms with Crippen LogP contribution in [0.4, 0.5) is 10.7 Å². The van der Waals surface area contributed by atoms with Gasteiger partial charge in [0.05, 0.1) is 49.4 Å². The van der Waals surface area contributed by atoms with Crippen molar-refractivity contribution >= 4 is 35.0 Å². The molecule has 3 N–H and O–H groups in total. The maximum Gasteiger partial charge on any atom is 0.413 e. The zero-order chi connectivity index (χ0) is 22.0. The van der Waals surface area contributed by atoms with Crippen LogP contribution < -0.4 is 10.6 Å². The smallest absolute Gasteiger partial charge is 0.413 e. The molecule has 0 unspecified atom stereocenters. The molecule has 2 heterocycles. The quantitative estimate of drug-likeness (QED) is 0.513. The maximum atomic E-state index is 12.6. The number of methoxy groups -OCH3 is 3. The Kier molecular flexibility index (Phi) is 5.77. The number of benzene rings is 1. The molecule has 1 aliphatic rings. The standard InChI is InChI=1S/C20H22N4O6/c1-9-14(17(25)28-3)16(15(10(2)21-9)18(26)29-4)11-6-7-12-13(8-11)23-19(22-12)24-20(27)30-5/h6-8,16,21H,1-5H3,(H2,22,23,24,27). The van der Waals surface area contributed by atoms with E-state index in [4.69, 9.17) is 9.47 Å². The van der Waals surface area contributed by atoms with Gasteiger partial charge in [-0.15, -0.1) is 0 Å². The Morgan fingerprint density at radius 3 is 2.10 bits per heavy atom.